The molecule has 0 bridgehead atoms. The average molecular weight is 536 g/mol. The highest BCUT2D eigenvalue weighted by Gasteiger charge is 2.55. The molecule has 0 aliphatic carbocycles. The molecule has 0 amide bonds. The Morgan fingerprint density at radius 3 is 1.81 bits per heavy atom. The van der Waals surface area contributed by atoms with Crippen molar-refractivity contribution in [1.82, 2.24) is 0 Å². The minimum Gasteiger partial charge on any atom is -0.456 e. The Kier molecular flexibility index (Phi) is 10.9. The largest absolute Gasteiger partial charge is 0.456 e. The number of esters is 4. The SMILES string of the molecule is CC(=O)OC(C(C)=O)[C@H]1O[C@H](O)C[C@@H](O)[C@@H]1O[C@@H]1O[C@H](CO)[C@H](OC(C)=O)[C@H](OC(C)=O)[C@H]1OC(C)=O. The van der Waals surface area contributed by atoms with E-state index in [0.29, 0.717) is 0 Å². The molecular formula is C22H32O15. The van der Waals surface area contributed by atoms with Gasteiger partial charge in [0.25, 0.3) is 0 Å². The maximum absolute atomic E-state index is 12.2. The van der Waals surface area contributed by atoms with Crippen LogP contribution in [0.3, 0.4) is 0 Å². The summed E-state index contributed by atoms with van der Waals surface area (Å²) in [5.74, 6) is -4.11. The fraction of sp³-hybridized carbons (Fsp3) is 0.773. The van der Waals surface area contributed by atoms with Crippen LogP contribution in [0.4, 0.5) is 0 Å². The van der Waals surface area contributed by atoms with Gasteiger partial charge in [0.2, 0.25) is 0 Å². The van der Waals surface area contributed by atoms with Crippen molar-refractivity contribution in [3.63, 3.8) is 0 Å². The molecule has 2 rings (SSSR count). The first-order chi connectivity index (χ1) is 17.2. The summed E-state index contributed by atoms with van der Waals surface area (Å²) in [5, 5.41) is 30.6. The van der Waals surface area contributed by atoms with Gasteiger partial charge in [-0.15, -0.1) is 0 Å². The molecule has 2 heterocycles. The molecule has 2 saturated heterocycles. The number of carbonyl (C=O) groups is 5. The maximum Gasteiger partial charge on any atom is 0.303 e. The van der Waals surface area contributed by atoms with Gasteiger partial charge in [0.1, 0.15) is 18.3 Å². The second-order valence-corrected chi connectivity index (χ2v) is 8.55. The summed E-state index contributed by atoms with van der Waals surface area (Å²) in [6, 6.07) is 0. The summed E-state index contributed by atoms with van der Waals surface area (Å²) in [6.07, 6.45) is -15.7. The second kappa shape index (κ2) is 13.2. The third-order valence-electron chi connectivity index (χ3n) is 5.42. The number of hydrogen-bond donors (Lipinski definition) is 3. The van der Waals surface area contributed by atoms with Gasteiger partial charge in [0.05, 0.1) is 12.7 Å². The van der Waals surface area contributed by atoms with E-state index >= 15 is 0 Å². The smallest absolute Gasteiger partial charge is 0.303 e. The van der Waals surface area contributed by atoms with Gasteiger partial charge in [-0.3, -0.25) is 24.0 Å². The molecule has 1 unspecified atom stereocenters. The molecule has 10 atom stereocenters. The topological polar surface area (TPSA) is 211 Å². The van der Waals surface area contributed by atoms with E-state index in [1.807, 2.05) is 0 Å². The van der Waals surface area contributed by atoms with Gasteiger partial charge in [0.15, 0.2) is 42.8 Å². The third-order valence-corrected chi connectivity index (χ3v) is 5.42. The van der Waals surface area contributed by atoms with Crippen molar-refractivity contribution in [2.24, 2.45) is 0 Å². The zero-order valence-corrected chi connectivity index (χ0v) is 20.9. The van der Waals surface area contributed by atoms with E-state index in [0.717, 1.165) is 34.6 Å². The van der Waals surface area contributed by atoms with Crippen LogP contribution >= 0.6 is 0 Å². The maximum atomic E-state index is 12.2. The Bertz CT molecular complexity index is 859. The number of ketones is 1. The van der Waals surface area contributed by atoms with E-state index in [-0.39, 0.29) is 6.42 Å². The summed E-state index contributed by atoms with van der Waals surface area (Å²) >= 11 is 0. The number of hydrogen-bond acceptors (Lipinski definition) is 15. The Morgan fingerprint density at radius 1 is 0.784 bits per heavy atom. The van der Waals surface area contributed by atoms with Gasteiger partial charge < -0.3 is 48.5 Å². The molecule has 2 aliphatic rings. The van der Waals surface area contributed by atoms with Crippen molar-refractivity contribution >= 4 is 29.7 Å². The standard InChI is InChI=1S/C22H32O15/c1-8(24)16(31-9(2)25)19-17(13(29)6-15(30)36-19)37-22-21(34-12(5)28)20(33-11(4)27)18(32-10(3)26)14(7-23)35-22/h13-23,29-30H,6-7H2,1-5H3/t13-,14-,15+,16?,17+,18+,19-,20+,21-,22+/m1/s1. The van der Waals surface area contributed by atoms with Crippen molar-refractivity contribution < 1.29 is 72.5 Å². The van der Waals surface area contributed by atoms with E-state index in [2.05, 4.69) is 0 Å². The monoisotopic (exact) mass is 536 g/mol. The van der Waals surface area contributed by atoms with Gasteiger partial charge in [-0.05, 0) is 6.92 Å². The van der Waals surface area contributed by atoms with Crippen molar-refractivity contribution in [2.75, 3.05) is 6.61 Å². The molecule has 0 saturated carbocycles. The molecule has 210 valence electrons. The second-order valence-electron chi connectivity index (χ2n) is 8.55. The molecule has 0 spiro atoms. The lowest BCUT2D eigenvalue weighted by molar-refractivity contribution is -0.346. The van der Waals surface area contributed by atoms with Crippen LogP contribution in [-0.2, 0) is 57.1 Å². The number of Topliss-reactive ketones (excluding diaryl/α,β-unsaturated/α-hetero) is 1. The Balaban J connectivity index is 2.50. The van der Waals surface area contributed by atoms with Crippen molar-refractivity contribution in [1.29, 1.82) is 0 Å². The zero-order chi connectivity index (χ0) is 28.0. The summed E-state index contributed by atoms with van der Waals surface area (Å²) in [4.78, 5) is 59.3. The fourth-order valence-corrected chi connectivity index (χ4v) is 4.11. The molecule has 2 fully saturated rings. The Labute approximate surface area is 211 Å². The number of rotatable bonds is 9. The quantitative estimate of drug-likeness (QED) is 0.212. The third kappa shape index (κ3) is 8.15. The minimum atomic E-state index is -1.69. The first-order valence-corrected chi connectivity index (χ1v) is 11.4. The van der Waals surface area contributed by atoms with E-state index in [1.54, 1.807) is 0 Å². The lowest BCUT2D eigenvalue weighted by atomic mass is 9.94. The van der Waals surface area contributed by atoms with Gasteiger partial charge in [-0.1, -0.05) is 0 Å². The number of aliphatic hydroxyl groups is 3. The van der Waals surface area contributed by atoms with Gasteiger partial charge in [0, 0.05) is 34.1 Å². The highest BCUT2D eigenvalue weighted by Crippen LogP contribution is 2.33. The minimum absolute atomic E-state index is 0.385. The van der Waals surface area contributed by atoms with Crippen LogP contribution in [0.2, 0.25) is 0 Å². The van der Waals surface area contributed by atoms with Crippen LogP contribution in [0.5, 0.6) is 0 Å². The van der Waals surface area contributed by atoms with E-state index in [4.69, 9.17) is 33.2 Å². The molecule has 3 N–H and O–H groups in total. The molecule has 0 aromatic heterocycles. The normalized spacial score (nSPS) is 34.5. The number of carbonyl (C=O) groups excluding carboxylic acids is 5. The Morgan fingerprint density at radius 2 is 1.32 bits per heavy atom. The van der Waals surface area contributed by atoms with Gasteiger partial charge >= 0.3 is 23.9 Å². The first-order valence-electron chi connectivity index (χ1n) is 11.4. The molecule has 0 radical (unpaired) electrons. The lowest BCUT2D eigenvalue weighted by Gasteiger charge is -2.47. The molecular weight excluding hydrogens is 504 g/mol. The Hall–Kier alpha value is -2.69. The predicted molar refractivity (Wildman–Crippen MR) is 115 cm³/mol. The zero-order valence-electron chi connectivity index (χ0n) is 20.9. The first kappa shape index (κ1) is 30.5. The molecule has 37 heavy (non-hydrogen) atoms. The van der Waals surface area contributed by atoms with Crippen LogP contribution in [-0.4, -0.2) is 113 Å². The van der Waals surface area contributed by atoms with Crippen molar-refractivity contribution in [2.45, 2.75) is 102 Å². The molecule has 0 aromatic rings. The molecule has 15 heteroatoms. The summed E-state index contributed by atoms with van der Waals surface area (Å²) in [5.41, 5.74) is 0. The summed E-state index contributed by atoms with van der Waals surface area (Å²) in [7, 11) is 0. The molecule has 2 aliphatic heterocycles. The van der Waals surface area contributed by atoms with Gasteiger partial charge in [-0.25, -0.2) is 0 Å². The average Bonchev–Trinajstić information content (AvgIpc) is 2.76. The van der Waals surface area contributed by atoms with Crippen molar-refractivity contribution in [3.8, 4) is 0 Å². The molecule has 15 nitrogen and oxygen atoms in total. The lowest BCUT2D eigenvalue weighted by Crippen LogP contribution is -2.65. The van der Waals surface area contributed by atoms with Crippen LogP contribution in [0.1, 0.15) is 41.0 Å². The highest BCUT2D eigenvalue weighted by atomic mass is 16.7. The predicted octanol–water partition coefficient (Wildman–Crippen LogP) is -2.13. The van der Waals surface area contributed by atoms with E-state index in [9.17, 15) is 39.3 Å². The van der Waals surface area contributed by atoms with Gasteiger partial charge in [-0.2, -0.15) is 0 Å². The van der Waals surface area contributed by atoms with Crippen LogP contribution in [0, 0.1) is 0 Å². The van der Waals surface area contributed by atoms with Crippen LogP contribution in [0.25, 0.3) is 0 Å². The summed E-state index contributed by atoms with van der Waals surface area (Å²) < 4.78 is 37.6. The highest BCUT2D eigenvalue weighted by molar-refractivity contribution is 5.83. The van der Waals surface area contributed by atoms with Crippen LogP contribution < -0.4 is 0 Å². The van der Waals surface area contributed by atoms with E-state index in [1.165, 1.54) is 0 Å². The number of ether oxygens (including phenoxy) is 7. The van der Waals surface area contributed by atoms with Crippen LogP contribution in [0.15, 0.2) is 0 Å². The summed E-state index contributed by atoms with van der Waals surface area (Å²) in [6.45, 7) is 4.49. The number of aliphatic hydroxyl groups excluding tert-OH is 3. The fourth-order valence-electron chi connectivity index (χ4n) is 4.11. The van der Waals surface area contributed by atoms with Crippen molar-refractivity contribution in [3.05, 3.63) is 0 Å². The molecule has 0 aromatic carbocycles. The van der Waals surface area contributed by atoms with E-state index < -0.39 is 97.7 Å².